The molecule has 0 radical (unpaired) electrons. The number of anilines is 1. The molecule has 11 heteroatoms. The van der Waals surface area contributed by atoms with Crippen LogP contribution >= 0.6 is 0 Å². The normalized spacial score (nSPS) is 11.3. The largest absolute Gasteiger partial charge is 0.335 e. The van der Waals surface area contributed by atoms with Crippen molar-refractivity contribution in [3.8, 4) is 33.9 Å². The molecule has 3 N–H and O–H groups in total. The number of fused-ring (bicyclic) bond motifs is 2. The molecule has 188 valence electrons. The number of carbonyl (C=O) groups excluding carboxylic acids is 1. The van der Waals surface area contributed by atoms with E-state index in [1.165, 1.54) is 24.7 Å². The van der Waals surface area contributed by atoms with E-state index in [1.807, 2.05) is 6.92 Å². The van der Waals surface area contributed by atoms with Crippen LogP contribution < -0.4 is 5.32 Å². The van der Waals surface area contributed by atoms with Crippen LogP contribution in [0.5, 0.6) is 0 Å². The van der Waals surface area contributed by atoms with Crippen molar-refractivity contribution in [2.45, 2.75) is 19.8 Å². The lowest BCUT2D eigenvalue weighted by Gasteiger charge is -2.07. The minimum absolute atomic E-state index is 0.0422. The van der Waals surface area contributed by atoms with Crippen molar-refractivity contribution >= 4 is 33.7 Å². The predicted molar refractivity (Wildman–Crippen MR) is 139 cm³/mol. The maximum absolute atomic E-state index is 16.0. The van der Waals surface area contributed by atoms with Gasteiger partial charge in [0.05, 0.1) is 34.5 Å². The van der Waals surface area contributed by atoms with Crippen molar-refractivity contribution in [2.75, 3.05) is 5.32 Å². The van der Waals surface area contributed by atoms with Crippen molar-refractivity contribution in [3.63, 3.8) is 0 Å². The van der Waals surface area contributed by atoms with E-state index in [9.17, 15) is 9.18 Å². The van der Waals surface area contributed by atoms with E-state index in [0.29, 0.717) is 51.9 Å². The van der Waals surface area contributed by atoms with Crippen LogP contribution in [-0.4, -0.2) is 41.0 Å². The number of amides is 1. The molecule has 38 heavy (non-hydrogen) atoms. The van der Waals surface area contributed by atoms with E-state index in [-0.39, 0.29) is 34.3 Å². The summed E-state index contributed by atoms with van der Waals surface area (Å²) in [5, 5.41) is 10.0. The van der Waals surface area contributed by atoms with Crippen LogP contribution in [0.25, 0.3) is 56.0 Å². The molecule has 0 aliphatic carbocycles. The number of benzene rings is 1. The van der Waals surface area contributed by atoms with Gasteiger partial charge in [-0.3, -0.25) is 19.9 Å². The number of imidazole rings is 1. The minimum atomic E-state index is -0.632. The first kappa shape index (κ1) is 23.3. The molecular weight excluding hydrogens is 490 g/mol. The van der Waals surface area contributed by atoms with Gasteiger partial charge in [0, 0.05) is 35.5 Å². The van der Waals surface area contributed by atoms with E-state index in [0.717, 1.165) is 0 Å². The molecule has 0 fully saturated rings. The third-order valence-electron chi connectivity index (χ3n) is 6.10. The predicted octanol–water partition coefficient (Wildman–Crippen LogP) is 5.64. The first-order valence-corrected chi connectivity index (χ1v) is 11.9. The second-order valence-corrected chi connectivity index (χ2v) is 8.66. The van der Waals surface area contributed by atoms with E-state index in [1.54, 1.807) is 36.5 Å². The molecule has 0 saturated heterocycles. The Morgan fingerprint density at radius 3 is 2.74 bits per heavy atom. The number of nitrogens with zero attached hydrogens (tertiary/aromatic N) is 5. The van der Waals surface area contributed by atoms with Crippen molar-refractivity contribution < 1.29 is 13.6 Å². The Hall–Kier alpha value is -5.06. The number of pyridine rings is 3. The van der Waals surface area contributed by atoms with Gasteiger partial charge >= 0.3 is 0 Å². The molecule has 5 aromatic heterocycles. The lowest BCUT2D eigenvalue weighted by atomic mass is 10.1. The van der Waals surface area contributed by atoms with Crippen LogP contribution in [0, 0.1) is 11.6 Å². The molecule has 9 nitrogen and oxygen atoms in total. The number of nitrogens with one attached hydrogen (secondary N) is 3. The number of halogens is 2. The van der Waals surface area contributed by atoms with E-state index in [2.05, 4.69) is 40.4 Å². The Balaban J connectivity index is 1.45. The standard InChI is InChI=1S/C27H20F2N8O/c1-2-5-20(38)33-15-10-14(11-30-12-15)23-22(29)21-19(13-32-23)36-37-25(21)27-34-24-17(8-9-31-26(24)35-27)16-6-3-4-7-18(16)28/h3-4,6-13H,2,5H2,1H3,(H,33,38)(H,36,37)(H,31,34,35). The maximum Gasteiger partial charge on any atom is 0.224 e. The highest BCUT2D eigenvalue weighted by Crippen LogP contribution is 2.34. The number of rotatable bonds is 6. The third kappa shape index (κ3) is 4.03. The van der Waals surface area contributed by atoms with Gasteiger partial charge in [0.1, 0.15) is 17.2 Å². The molecule has 6 rings (SSSR count). The Kier molecular flexibility index (Phi) is 5.79. The zero-order chi connectivity index (χ0) is 26.2. The number of H-pyrrole nitrogens is 2. The van der Waals surface area contributed by atoms with Crippen molar-refractivity contribution in [3.05, 3.63) is 72.8 Å². The molecule has 0 spiro atoms. The topological polar surface area (TPSA) is 125 Å². The molecule has 6 aromatic rings. The van der Waals surface area contributed by atoms with Gasteiger partial charge in [-0.1, -0.05) is 25.1 Å². The smallest absolute Gasteiger partial charge is 0.224 e. The van der Waals surface area contributed by atoms with Gasteiger partial charge in [-0.2, -0.15) is 5.10 Å². The SMILES string of the molecule is CCCC(=O)Nc1cncc(-c2ncc3[nH]nc(-c4nc5nccc(-c6ccccc6F)c5[nH]4)c3c2F)c1. The summed E-state index contributed by atoms with van der Waals surface area (Å²) in [6, 6.07) is 9.70. The van der Waals surface area contributed by atoms with Gasteiger partial charge in [0.15, 0.2) is 17.3 Å². The summed E-state index contributed by atoms with van der Waals surface area (Å²) in [4.78, 5) is 32.3. The quantitative estimate of drug-likeness (QED) is 0.266. The van der Waals surface area contributed by atoms with Gasteiger partial charge < -0.3 is 10.3 Å². The van der Waals surface area contributed by atoms with Crippen LogP contribution in [0.15, 0.2) is 61.2 Å². The fraction of sp³-hybridized carbons (Fsp3) is 0.111. The van der Waals surface area contributed by atoms with Crippen molar-refractivity contribution in [2.24, 2.45) is 0 Å². The number of hydrogen-bond acceptors (Lipinski definition) is 6. The van der Waals surface area contributed by atoms with Crippen LogP contribution in [-0.2, 0) is 4.79 Å². The average molecular weight is 511 g/mol. The molecule has 0 atom stereocenters. The van der Waals surface area contributed by atoms with Crippen LogP contribution in [0.3, 0.4) is 0 Å². The summed E-state index contributed by atoms with van der Waals surface area (Å²) in [6.45, 7) is 1.91. The summed E-state index contributed by atoms with van der Waals surface area (Å²) in [6.07, 6.45) is 7.04. The van der Waals surface area contributed by atoms with Crippen LogP contribution in [0.4, 0.5) is 14.5 Å². The monoisotopic (exact) mass is 510 g/mol. The molecule has 1 amide bonds. The second kappa shape index (κ2) is 9.43. The Morgan fingerprint density at radius 2 is 1.89 bits per heavy atom. The van der Waals surface area contributed by atoms with Gasteiger partial charge in [0.2, 0.25) is 5.91 Å². The van der Waals surface area contributed by atoms with Gasteiger partial charge in [-0.05, 0) is 24.6 Å². The lowest BCUT2D eigenvalue weighted by Crippen LogP contribution is -2.10. The molecule has 0 bridgehead atoms. The number of carbonyl (C=O) groups is 1. The first-order chi connectivity index (χ1) is 18.5. The van der Waals surface area contributed by atoms with Gasteiger partial charge in [-0.25, -0.2) is 18.7 Å². The first-order valence-electron chi connectivity index (χ1n) is 11.9. The fourth-order valence-electron chi connectivity index (χ4n) is 4.36. The Bertz CT molecular complexity index is 1830. The Morgan fingerprint density at radius 1 is 1.03 bits per heavy atom. The summed E-state index contributed by atoms with van der Waals surface area (Å²) >= 11 is 0. The van der Waals surface area contributed by atoms with Crippen molar-refractivity contribution in [1.29, 1.82) is 0 Å². The maximum atomic E-state index is 16.0. The van der Waals surface area contributed by atoms with E-state index in [4.69, 9.17) is 0 Å². The summed E-state index contributed by atoms with van der Waals surface area (Å²) in [5.41, 5.74) is 3.26. The van der Waals surface area contributed by atoms with Crippen molar-refractivity contribution in [1.82, 2.24) is 35.1 Å². The molecule has 0 unspecified atom stereocenters. The second-order valence-electron chi connectivity index (χ2n) is 8.66. The summed E-state index contributed by atoms with van der Waals surface area (Å²) in [7, 11) is 0. The summed E-state index contributed by atoms with van der Waals surface area (Å²) in [5.74, 6) is -0.907. The van der Waals surface area contributed by atoms with E-state index >= 15 is 4.39 Å². The average Bonchev–Trinajstić information content (AvgIpc) is 3.54. The van der Waals surface area contributed by atoms with Gasteiger partial charge in [0.25, 0.3) is 0 Å². The lowest BCUT2D eigenvalue weighted by molar-refractivity contribution is -0.116. The highest BCUT2D eigenvalue weighted by Gasteiger charge is 2.22. The fourth-order valence-corrected chi connectivity index (χ4v) is 4.36. The van der Waals surface area contributed by atoms with Crippen LogP contribution in [0.1, 0.15) is 19.8 Å². The number of aromatic amines is 2. The molecule has 5 heterocycles. The number of aromatic nitrogens is 7. The minimum Gasteiger partial charge on any atom is -0.335 e. The molecule has 1 aromatic carbocycles. The Labute approximate surface area is 214 Å². The van der Waals surface area contributed by atoms with E-state index < -0.39 is 5.82 Å². The molecule has 0 aliphatic heterocycles. The third-order valence-corrected chi connectivity index (χ3v) is 6.10. The zero-order valence-corrected chi connectivity index (χ0v) is 20.1. The molecule has 0 aliphatic rings. The van der Waals surface area contributed by atoms with Gasteiger partial charge in [-0.15, -0.1) is 0 Å². The molecular formula is C27H20F2N8O. The molecule has 0 saturated carbocycles. The van der Waals surface area contributed by atoms with Crippen LogP contribution in [0.2, 0.25) is 0 Å². The highest BCUT2D eigenvalue weighted by atomic mass is 19.1. The number of hydrogen-bond donors (Lipinski definition) is 3. The zero-order valence-electron chi connectivity index (χ0n) is 20.1. The highest BCUT2D eigenvalue weighted by molar-refractivity contribution is 5.97. The summed E-state index contributed by atoms with van der Waals surface area (Å²) < 4.78 is 30.5.